The summed E-state index contributed by atoms with van der Waals surface area (Å²) in [6, 6.07) is 0. The van der Waals surface area contributed by atoms with Crippen molar-refractivity contribution in [2.24, 2.45) is 0 Å². The van der Waals surface area contributed by atoms with Crippen LogP contribution in [0.3, 0.4) is 0 Å². The Bertz CT molecular complexity index is 736. The number of hydrogen-bond donors (Lipinski definition) is 1. The van der Waals surface area contributed by atoms with Gasteiger partial charge in [0.15, 0.2) is 20.2 Å². The molecule has 0 aliphatic rings. The van der Waals surface area contributed by atoms with Crippen LogP contribution in [0.1, 0.15) is 52.9 Å². The summed E-state index contributed by atoms with van der Waals surface area (Å²) < 4.78 is 1.70. The zero-order chi connectivity index (χ0) is 17.1. The predicted octanol–water partition coefficient (Wildman–Crippen LogP) is 4.16. The number of ketones is 2. The molecule has 8 heteroatoms. The summed E-state index contributed by atoms with van der Waals surface area (Å²) >= 11 is 4.55. The molecular weight excluding hydrogens is 350 g/mol. The molecule has 0 bridgehead atoms. The molecular formula is C15H19N3O2S3. The fourth-order valence-corrected chi connectivity index (χ4v) is 5.48. The van der Waals surface area contributed by atoms with Crippen LogP contribution in [0, 0.1) is 13.8 Å². The maximum absolute atomic E-state index is 12.7. The van der Waals surface area contributed by atoms with Crippen LogP contribution in [0.2, 0.25) is 0 Å². The smallest absolute Gasteiger partial charge is 0.192 e. The van der Waals surface area contributed by atoms with Gasteiger partial charge in [0.25, 0.3) is 0 Å². The number of thioether (sulfide) groups is 2. The molecule has 0 aromatic carbocycles. The Labute approximate surface area is 148 Å². The number of rotatable bonds is 7. The zero-order valence-corrected chi connectivity index (χ0v) is 16.2. The molecule has 124 valence electrons. The quantitative estimate of drug-likeness (QED) is 0.583. The highest BCUT2D eigenvalue weighted by Gasteiger charge is 2.25. The molecule has 1 N–H and O–H groups in total. The Hall–Kier alpha value is -1.12. The van der Waals surface area contributed by atoms with Crippen molar-refractivity contribution in [3.63, 3.8) is 0 Å². The molecule has 0 aliphatic heterocycles. The van der Waals surface area contributed by atoms with Crippen molar-refractivity contribution in [2.45, 2.75) is 48.5 Å². The maximum Gasteiger partial charge on any atom is 0.192 e. The van der Waals surface area contributed by atoms with E-state index in [0.717, 1.165) is 25.7 Å². The minimum absolute atomic E-state index is 0.0250. The van der Waals surface area contributed by atoms with E-state index in [1.807, 2.05) is 20.8 Å². The van der Waals surface area contributed by atoms with Crippen LogP contribution in [-0.4, -0.2) is 37.8 Å². The first-order valence-corrected chi connectivity index (χ1v) is 9.90. The van der Waals surface area contributed by atoms with Crippen LogP contribution in [0.15, 0.2) is 8.68 Å². The average molecular weight is 370 g/mol. The van der Waals surface area contributed by atoms with E-state index < -0.39 is 0 Å². The van der Waals surface area contributed by atoms with E-state index in [9.17, 15) is 9.59 Å². The molecule has 0 fully saturated rings. The number of carbonyl (C=O) groups is 2. The van der Waals surface area contributed by atoms with E-state index in [-0.39, 0.29) is 16.8 Å². The molecule has 0 spiro atoms. The molecule has 2 rings (SSSR count). The van der Waals surface area contributed by atoms with E-state index in [1.54, 1.807) is 11.8 Å². The maximum atomic E-state index is 12.7. The van der Waals surface area contributed by atoms with Gasteiger partial charge in [0, 0.05) is 11.3 Å². The minimum Gasteiger partial charge on any atom is -0.355 e. The van der Waals surface area contributed by atoms with E-state index in [1.165, 1.54) is 30.0 Å². The van der Waals surface area contributed by atoms with Crippen LogP contribution in [0.25, 0.3) is 0 Å². The van der Waals surface area contributed by atoms with Gasteiger partial charge < -0.3 is 4.98 Å². The van der Waals surface area contributed by atoms with Gasteiger partial charge in [-0.3, -0.25) is 9.59 Å². The summed E-state index contributed by atoms with van der Waals surface area (Å²) in [7, 11) is 0. The summed E-state index contributed by atoms with van der Waals surface area (Å²) in [6.45, 7) is 9.06. The lowest BCUT2D eigenvalue weighted by Gasteiger charge is -2.07. The second-order valence-corrected chi connectivity index (χ2v) is 9.15. The normalized spacial score (nSPS) is 12.4. The molecule has 0 aliphatic carbocycles. The number of aryl methyl sites for hydroxylation is 1. The van der Waals surface area contributed by atoms with Gasteiger partial charge in [-0.25, -0.2) is 0 Å². The Morgan fingerprint density at radius 2 is 1.91 bits per heavy atom. The number of H-pyrrole nitrogens is 1. The average Bonchev–Trinajstić information content (AvgIpc) is 3.02. The third-order valence-corrected chi connectivity index (χ3v) is 6.46. The van der Waals surface area contributed by atoms with E-state index in [2.05, 4.69) is 22.1 Å². The van der Waals surface area contributed by atoms with Gasteiger partial charge in [-0.1, -0.05) is 41.8 Å². The zero-order valence-electron chi connectivity index (χ0n) is 13.7. The van der Waals surface area contributed by atoms with Crippen molar-refractivity contribution in [3.05, 3.63) is 22.5 Å². The molecule has 0 unspecified atom stereocenters. The fourth-order valence-electron chi connectivity index (χ4n) is 2.36. The standard InChI is InChI=1S/C15H19N3O2S3/c1-6-21-14-17-18-15(23-14)22-10(5)13(20)12-7(2)11(9(4)19)8(3)16-12/h10,16H,6H2,1-5H3/t10-/m1/s1. The Kier molecular flexibility index (Phi) is 6.05. The second-order valence-electron chi connectivity index (χ2n) is 5.07. The predicted molar refractivity (Wildman–Crippen MR) is 96.2 cm³/mol. The van der Waals surface area contributed by atoms with E-state index in [4.69, 9.17) is 0 Å². The fraction of sp³-hybridized carbons (Fsp3) is 0.467. The van der Waals surface area contributed by atoms with Gasteiger partial charge in [0.05, 0.1) is 10.9 Å². The van der Waals surface area contributed by atoms with E-state index >= 15 is 0 Å². The lowest BCUT2D eigenvalue weighted by atomic mass is 10.0. The summed E-state index contributed by atoms with van der Waals surface area (Å²) in [5, 5.41) is 7.92. The van der Waals surface area contributed by atoms with Gasteiger partial charge >= 0.3 is 0 Å². The van der Waals surface area contributed by atoms with Gasteiger partial charge in [0.2, 0.25) is 0 Å². The second kappa shape index (κ2) is 7.63. The van der Waals surface area contributed by atoms with Crippen molar-refractivity contribution in [1.82, 2.24) is 15.2 Å². The number of Topliss-reactive ketones (excluding diaryl/α,β-unsaturated/α-hetero) is 2. The highest BCUT2D eigenvalue weighted by molar-refractivity contribution is 8.03. The third kappa shape index (κ3) is 4.05. The van der Waals surface area contributed by atoms with Crippen molar-refractivity contribution in [1.29, 1.82) is 0 Å². The minimum atomic E-state index is -0.293. The molecule has 0 amide bonds. The Balaban J connectivity index is 2.16. The van der Waals surface area contributed by atoms with Crippen LogP contribution in [0.4, 0.5) is 0 Å². The molecule has 0 saturated carbocycles. The summed E-state index contributed by atoms with van der Waals surface area (Å²) in [4.78, 5) is 27.4. The molecule has 0 saturated heterocycles. The molecule has 2 aromatic rings. The van der Waals surface area contributed by atoms with Crippen molar-refractivity contribution in [2.75, 3.05) is 5.75 Å². The topological polar surface area (TPSA) is 75.7 Å². The third-order valence-electron chi connectivity index (χ3n) is 3.34. The van der Waals surface area contributed by atoms with E-state index in [0.29, 0.717) is 11.3 Å². The molecule has 0 radical (unpaired) electrons. The number of nitrogens with zero attached hydrogens (tertiary/aromatic N) is 2. The van der Waals surface area contributed by atoms with Crippen LogP contribution < -0.4 is 0 Å². The highest BCUT2D eigenvalue weighted by Crippen LogP contribution is 2.32. The van der Waals surface area contributed by atoms with Crippen LogP contribution >= 0.6 is 34.9 Å². The molecule has 1 atom stereocenters. The first kappa shape index (κ1) is 18.2. The lowest BCUT2D eigenvalue weighted by Crippen LogP contribution is -2.15. The molecule has 2 heterocycles. The van der Waals surface area contributed by atoms with Gasteiger partial charge in [-0.15, -0.1) is 10.2 Å². The summed E-state index contributed by atoms with van der Waals surface area (Å²) in [5.74, 6) is 0.895. The van der Waals surface area contributed by atoms with Gasteiger partial charge in [-0.2, -0.15) is 0 Å². The number of aromatic amines is 1. The number of hydrogen-bond acceptors (Lipinski definition) is 7. The number of nitrogens with one attached hydrogen (secondary N) is 1. The molecule has 5 nitrogen and oxygen atoms in total. The summed E-state index contributed by atoms with van der Waals surface area (Å²) in [6.07, 6.45) is 0. The first-order chi connectivity index (χ1) is 10.8. The number of aromatic nitrogens is 3. The highest BCUT2D eigenvalue weighted by atomic mass is 32.2. The van der Waals surface area contributed by atoms with Gasteiger partial charge in [-0.05, 0) is 39.0 Å². The summed E-state index contributed by atoms with van der Waals surface area (Å²) in [5.41, 5.74) is 2.60. The van der Waals surface area contributed by atoms with Crippen LogP contribution in [0.5, 0.6) is 0 Å². The van der Waals surface area contributed by atoms with Crippen molar-refractivity contribution >= 4 is 46.4 Å². The number of carbonyl (C=O) groups excluding carboxylic acids is 2. The Morgan fingerprint density at radius 3 is 2.48 bits per heavy atom. The molecule has 23 heavy (non-hydrogen) atoms. The van der Waals surface area contributed by atoms with Crippen molar-refractivity contribution in [3.8, 4) is 0 Å². The Morgan fingerprint density at radius 1 is 1.26 bits per heavy atom. The van der Waals surface area contributed by atoms with Crippen LogP contribution in [-0.2, 0) is 0 Å². The largest absolute Gasteiger partial charge is 0.355 e. The van der Waals surface area contributed by atoms with Gasteiger partial charge in [0.1, 0.15) is 0 Å². The first-order valence-electron chi connectivity index (χ1n) is 7.22. The monoisotopic (exact) mass is 369 g/mol. The lowest BCUT2D eigenvalue weighted by molar-refractivity contribution is 0.0988. The molecule has 2 aromatic heterocycles. The SMILES string of the molecule is CCSc1nnc(S[C@H](C)C(=O)c2[nH]c(C)c(C(C)=O)c2C)s1. The van der Waals surface area contributed by atoms with Crippen molar-refractivity contribution < 1.29 is 9.59 Å².